The van der Waals surface area contributed by atoms with E-state index in [1.54, 1.807) is 18.2 Å². The van der Waals surface area contributed by atoms with Gasteiger partial charge in [-0.2, -0.15) is 0 Å². The van der Waals surface area contributed by atoms with Gasteiger partial charge < -0.3 is 15.5 Å². The SMILES string of the molecule is O=C(O)c1cccc(CNCC2(CCO)CCCCC2)c1. The number of carboxylic acids is 1. The van der Waals surface area contributed by atoms with Crippen molar-refractivity contribution in [3.63, 3.8) is 0 Å². The normalized spacial score (nSPS) is 17.6. The zero-order chi connectivity index (χ0) is 15.1. The summed E-state index contributed by atoms with van der Waals surface area (Å²) in [4.78, 5) is 11.0. The fraction of sp³-hybridized carbons (Fsp3) is 0.588. The van der Waals surface area contributed by atoms with E-state index in [-0.39, 0.29) is 12.0 Å². The van der Waals surface area contributed by atoms with Gasteiger partial charge in [-0.05, 0) is 42.4 Å². The van der Waals surface area contributed by atoms with E-state index in [1.165, 1.54) is 32.1 Å². The molecule has 0 spiro atoms. The third-order valence-electron chi connectivity index (χ3n) is 4.56. The highest BCUT2D eigenvalue weighted by atomic mass is 16.4. The first-order valence-electron chi connectivity index (χ1n) is 7.79. The lowest BCUT2D eigenvalue weighted by atomic mass is 9.72. The monoisotopic (exact) mass is 291 g/mol. The molecule has 0 aliphatic heterocycles. The summed E-state index contributed by atoms with van der Waals surface area (Å²) >= 11 is 0. The van der Waals surface area contributed by atoms with Crippen LogP contribution in [0.5, 0.6) is 0 Å². The van der Waals surface area contributed by atoms with Crippen molar-refractivity contribution in [2.45, 2.75) is 45.1 Å². The van der Waals surface area contributed by atoms with Crippen LogP contribution in [0.15, 0.2) is 24.3 Å². The number of nitrogens with one attached hydrogen (secondary N) is 1. The fourth-order valence-electron chi connectivity index (χ4n) is 3.34. The Morgan fingerprint density at radius 2 is 2.00 bits per heavy atom. The van der Waals surface area contributed by atoms with Crippen LogP contribution in [0.25, 0.3) is 0 Å². The molecule has 4 heteroatoms. The molecular weight excluding hydrogens is 266 g/mol. The van der Waals surface area contributed by atoms with Gasteiger partial charge in [0, 0.05) is 19.7 Å². The Balaban J connectivity index is 1.90. The molecule has 116 valence electrons. The Morgan fingerprint density at radius 3 is 2.67 bits per heavy atom. The molecule has 0 unspecified atom stereocenters. The molecule has 1 aromatic rings. The summed E-state index contributed by atoms with van der Waals surface area (Å²) in [7, 11) is 0. The molecule has 1 aliphatic rings. The Bertz CT molecular complexity index is 461. The van der Waals surface area contributed by atoms with Gasteiger partial charge in [0.05, 0.1) is 5.56 Å². The molecule has 0 saturated heterocycles. The largest absolute Gasteiger partial charge is 0.478 e. The standard InChI is InChI=1S/C17H25NO3/c19-10-9-17(7-2-1-3-8-17)13-18-12-14-5-4-6-15(11-14)16(20)21/h4-6,11,18-19H,1-3,7-10,12-13H2,(H,20,21). The number of aromatic carboxylic acids is 1. The van der Waals surface area contributed by atoms with Crippen LogP contribution in [-0.2, 0) is 6.54 Å². The highest BCUT2D eigenvalue weighted by Crippen LogP contribution is 2.38. The topological polar surface area (TPSA) is 69.6 Å². The molecule has 0 amide bonds. The molecule has 0 aromatic heterocycles. The zero-order valence-corrected chi connectivity index (χ0v) is 12.5. The van der Waals surface area contributed by atoms with E-state index in [4.69, 9.17) is 5.11 Å². The first-order valence-corrected chi connectivity index (χ1v) is 7.79. The lowest BCUT2D eigenvalue weighted by molar-refractivity contribution is 0.0696. The zero-order valence-electron chi connectivity index (χ0n) is 12.5. The summed E-state index contributed by atoms with van der Waals surface area (Å²) < 4.78 is 0. The van der Waals surface area contributed by atoms with Crippen LogP contribution in [0.2, 0.25) is 0 Å². The lowest BCUT2D eigenvalue weighted by Gasteiger charge is -2.37. The number of carbonyl (C=O) groups is 1. The summed E-state index contributed by atoms with van der Waals surface area (Å²) in [6.07, 6.45) is 7.00. The van der Waals surface area contributed by atoms with Crippen LogP contribution >= 0.6 is 0 Å². The molecule has 1 saturated carbocycles. The van der Waals surface area contributed by atoms with Crippen molar-refractivity contribution in [2.24, 2.45) is 5.41 Å². The van der Waals surface area contributed by atoms with Gasteiger partial charge in [0.2, 0.25) is 0 Å². The van der Waals surface area contributed by atoms with E-state index in [1.807, 2.05) is 6.07 Å². The number of aliphatic hydroxyl groups is 1. The minimum atomic E-state index is -0.888. The second kappa shape index (κ2) is 7.57. The molecule has 1 aromatic carbocycles. The Hall–Kier alpha value is -1.39. The Kier molecular flexibility index (Phi) is 5.76. The van der Waals surface area contributed by atoms with E-state index in [2.05, 4.69) is 5.32 Å². The second-order valence-electron chi connectivity index (χ2n) is 6.14. The average Bonchev–Trinajstić information content (AvgIpc) is 2.49. The summed E-state index contributed by atoms with van der Waals surface area (Å²) in [6, 6.07) is 7.05. The molecule has 3 N–H and O–H groups in total. The second-order valence-corrected chi connectivity index (χ2v) is 6.14. The molecule has 4 nitrogen and oxygen atoms in total. The minimum absolute atomic E-state index is 0.220. The van der Waals surface area contributed by atoms with E-state index < -0.39 is 5.97 Å². The highest BCUT2D eigenvalue weighted by Gasteiger charge is 2.30. The number of carboxylic acid groups (broad SMARTS) is 1. The van der Waals surface area contributed by atoms with Crippen molar-refractivity contribution in [2.75, 3.05) is 13.2 Å². The molecule has 0 atom stereocenters. The third kappa shape index (κ3) is 4.55. The van der Waals surface area contributed by atoms with Gasteiger partial charge in [-0.1, -0.05) is 31.4 Å². The fourth-order valence-corrected chi connectivity index (χ4v) is 3.34. The first-order chi connectivity index (χ1) is 10.2. The molecule has 21 heavy (non-hydrogen) atoms. The van der Waals surface area contributed by atoms with Crippen molar-refractivity contribution in [1.82, 2.24) is 5.32 Å². The van der Waals surface area contributed by atoms with E-state index >= 15 is 0 Å². The van der Waals surface area contributed by atoms with Crippen LogP contribution in [-0.4, -0.2) is 29.3 Å². The molecule has 1 fully saturated rings. The van der Waals surface area contributed by atoms with Crippen LogP contribution in [0, 0.1) is 5.41 Å². The summed E-state index contributed by atoms with van der Waals surface area (Å²) in [5, 5.41) is 21.8. The maximum atomic E-state index is 11.0. The number of rotatable bonds is 7. The number of hydrogen-bond acceptors (Lipinski definition) is 3. The van der Waals surface area contributed by atoms with Crippen molar-refractivity contribution < 1.29 is 15.0 Å². The van der Waals surface area contributed by atoms with Gasteiger partial charge in [-0.25, -0.2) is 4.79 Å². The number of benzene rings is 1. The molecular formula is C17H25NO3. The van der Waals surface area contributed by atoms with Crippen LogP contribution in [0.1, 0.15) is 54.4 Å². The van der Waals surface area contributed by atoms with Crippen LogP contribution < -0.4 is 5.32 Å². The van der Waals surface area contributed by atoms with Gasteiger partial charge in [0.25, 0.3) is 0 Å². The summed E-state index contributed by atoms with van der Waals surface area (Å²) in [5.74, 6) is -0.888. The van der Waals surface area contributed by atoms with Gasteiger partial charge >= 0.3 is 5.97 Å². The van der Waals surface area contributed by atoms with Gasteiger partial charge in [-0.3, -0.25) is 0 Å². The molecule has 0 heterocycles. The van der Waals surface area contributed by atoms with Gasteiger partial charge in [0.15, 0.2) is 0 Å². The van der Waals surface area contributed by atoms with Crippen LogP contribution in [0.3, 0.4) is 0 Å². The average molecular weight is 291 g/mol. The number of aliphatic hydroxyl groups excluding tert-OH is 1. The first kappa shape index (κ1) is 16.0. The number of hydrogen-bond donors (Lipinski definition) is 3. The van der Waals surface area contributed by atoms with Crippen molar-refractivity contribution in [3.05, 3.63) is 35.4 Å². The van der Waals surface area contributed by atoms with E-state index in [0.29, 0.717) is 12.1 Å². The summed E-state index contributed by atoms with van der Waals surface area (Å²) in [5.41, 5.74) is 1.54. The Morgan fingerprint density at radius 1 is 1.24 bits per heavy atom. The third-order valence-corrected chi connectivity index (χ3v) is 4.56. The maximum Gasteiger partial charge on any atom is 0.335 e. The van der Waals surface area contributed by atoms with Gasteiger partial charge in [-0.15, -0.1) is 0 Å². The van der Waals surface area contributed by atoms with E-state index in [9.17, 15) is 9.90 Å². The molecule has 1 aliphatic carbocycles. The van der Waals surface area contributed by atoms with Crippen molar-refractivity contribution >= 4 is 5.97 Å². The highest BCUT2D eigenvalue weighted by molar-refractivity contribution is 5.87. The van der Waals surface area contributed by atoms with Crippen LogP contribution in [0.4, 0.5) is 0 Å². The smallest absolute Gasteiger partial charge is 0.335 e. The maximum absolute atomic E-state index is 11.0. The predicted molar refractivity (Wildman–Crippen MR) is 82.3 cm³/mol. The van der Waals surface area contributed by atoms with Crippen molar-refractivity contribution in [1.29, 1.82) is 0 Å². The van der Waals surface area contributed by atoms with Gasteiger partial charge in [0.1, 0.15) is 0 Å². The minimum Gasteiger partial charge on any atom is -0.478 e. The quantitative estimate of drug-likeness (QED) is 0.722. The Labute approximate surface area is 126 Å². The molecule has 0 bridgehead atoms. The van der Waals surface area contributed by atoms with Crippen molar-refractivity contribution in [3.8, 4) is 0 Å². The summed E-state index contributed by atoms with van der Waals surface area (Å²) in [6.45, 7) is 1.81. The molecule has 2 rings (SSSR count). The molecule has 0 radical (unpaired) electrons. The predicted octanol–water partition coefficient (Wildman–Crippen LogP) is 2.81. The lowest BCUT2D eigenvalue weighted by Crippen LogP contribution is -2.36. The van der Waals surface area contributed by atoms with E-state index in [0.717, 1.165) is 18.5 Å².